The Balaban J connectivity index is 2.39. The van der Waals surface area contributed by atoms with E-state index in [-0.39, 0.29) is 6.23 Å². The van der Waals surface area contributed by atoms with Gasteiger partial charge in [-0.15, -0.1) is 0 Å². The lowest BCUT2D eigenvalue weighted by Gasteiger charge is -2.26. The molecule has 0 saturated carbocycles. The number of hydrogen-bond donors (Lipinski definition) is 1. The van der Waals surface area contributed by atoms with Crippen LogP contribution in [0.1, 0.15) is 5.56 Å². The van der Waals surface area contributed by atoms with Crippen LogP contribution in [0.4, 0.5) is 5.69 Å². The molecule has 0 bridgehead atoms. The first-order valence-corrected chi connectivity index (χ1v) is 4.46. The van der Waals surface area contributed by atoms with Crippen LogP contribution in [0.15, 0.2) is 29.8 Å². The van der Waals surface area contributed by atoms with Crippen molar-refractivity contribution in [1.82, 2.24) is 0 Å². The molecule has 0 spiro atoms. The maximum atomic E-state index is 10.7. The number of anilines is 1. The van der Waals surface area contributed by atoms with Crippen molar-refractivity contribution in [1.29, 1.82) is 0 Å². The summed E-state index contributed by atoms with van der Waals surface area (Å²) in [6.07, 6.45) is 0.285. The highest BCUT2D eigenvalue weighted by Gasteiger charge is 2.22. The third kappa shape index (κ3) is 1.43. The lowest BCUT2D eigenvalue weighted by molar-refractivity contribution is 0.150. The van der Waals surface area contributed by atoms with E-state index in [1.807, 2.05) is 30.2 Å². The normalized spacial score (nSPS) is 19.5. The minimum atomic E-state index is -0.331. The summed E-state index contributed by atoms with van der Waals surface area (Å²) >= 11 is 0. The molecule has 0 radical (unpaired) electrons. The molecule has 1 atom stereocenters. The van der Waals surface area contributed by atoms with Gasteiger partial charge in [-0.25, -0.2) is 4.79 Å². The fourth-order valence-electron chi connectivity index (χ4n) is 1.63. The molecule has 2 rings (SSSR count). The van der Waals surface area contributed by atoms with E-state index in [9.17, 15) is 4.79 Å². The van der Waals surface area contributed by atoms with Gasteiger partial charge in [-0.3, -0.25) is 0 Å². The number of rotatable bonds is 1. The first-order chi connectivity index (χ1) is 6.85. The SMILES string of the molecule is COC1Nc2ccccc2CC1=C=O. The molecule has 1 aromatic rings. The molecule has 0 amide bonds. The first-order valence-electron chi connectivity index (χ1n) is 4.46. The number of ether oxygens (including phenoxy) is 1. The van der Waals surface area contributed by atoms with Crippen molar-refractivity contribution in [3.63, 3.8) is 0 Å². The monoisotopic (exact) mass is 189 g/mol. The van der Waals surface area contributed by atoms with Gasteiger partial charge in [0.15, 0.2) is 6.23 Å². The molecule has 0 aliphatic carbocycles. The van der Waals surface area contributed by atoms with Gasteiger partial charge in [0.05, 0.1) is 5.57 Å². The van der Waals surface area contributed by atoms with Gasteiger partial charge < -0.3 is 10.1 Å². The molecule has 1 aliphatic heterocycles. The van der Waals surface area contributed by atoms with Gasteiger partial charge in [0.1, 0.15) is 5.94 Å². The van der Waals surface area contributed by atoms with Crippen LogP contribution in [0.2, 0.25) is 0 Å². The van der Waals surface area contributed by atoms with Gasteiger partial charge in [0, 0.05) is 19.2 Å². The molecule has 1 unspecified atom stereocenters. The molecule has 72 valence electrons. The van der Waals surface area contributed by atoms with E-state index in [2.05, 4.69) is 5.32 Å². The molecule has 3 heteroatoms. The van der Waals surface area contributed by atoms with Crippen LogP contribution >= 0.6 is 0 Å². The minimum absolute atomic E-state index is 0.331. The topological polar surface area (TPSA) is 38.3 Å². The number of methoxy groups -OCH3 is 1. The standard InChI is InChI=1S/C11H11NO2/c1-14-11-9(7-13)6-8-4-2-3-5-10(8)12-11/h2-5,11-12H,6H2,1H3. The second-order valence-corrected chi connectivity index (χ2v) is 3.22. The lowest BCUT2D eigenvalue weighted by Crippen LogP contribution is -2.30. The van der Waals surface area contributed by atoms with Gasteiger partial charge >= 0.3 is 0 Å². The van der Waals surface area contributed by atoms with Crippen molar-refractivity contribution in [2.45, 2.75) is 12.6 Å². The Morgan fingerprint density at radius 1 is 1.50 bits per heavy atom. The smallest absolute Gasteiger partial charge is 0.160 e. The first kappa shape index (κ1) is 9.00. The molecule has 1 aliphatic rings. The highest BCUT2D eigenvalue weighted by molar-refractivity contribution is 5.65. The summed E-state index contributed by atoms with van der Waals surface area (Å²) < 4.78 is 5.14. The summed E-state index contributed by atoms with van der Waals surface area (Å²) in [5, 5.41) is 3.13. The minimum Gasteiger partial charge on any atom is -0.357 e. The van der Waals surface area contributed by atoms with Crippen molar-refractivity contribution in [3.05, 3.63) is 35.4 Å². The lowest BCUT2D eigenvalue weighted by atomic mass is 9.99. The van der Waals surface area contributed by atoms with Crippen LogP contribution in [-0.4, -0.2) is 19.3 Å². The average Bonchev–Trinajstić information content (AvgIpc) is 2.27. The van der Waals surface area contributed by atoms with E-state index in [0.717, 1.165) is 11.3 Å². The van der Waals surface area contributed by atoms with Crippen molar-refractivity contribution < 1.29 is 9.53 Å². The van der Waals surface area contributed by atoms with Gasteiger partial charge in [-0.1, -0.05) is 18.2 Å². The molecule has 3 nitrogen and oxygen atoms in total. The van der Waals surface area contributed by atoms with E-state index < -0.39 is 0 Å². The average molecular weight is 189 g/mol. The highest BCUT2D eigenvalue weighted by atomic mass is 16.5. The van der Waals surface area contributed by atoms with Crippen LogP contribution in [0, 0.1) is 0 Å². The largest absolute Gasteiger partial charge is 0.357 e. The van der Waals surface area contributed by atoms with Crippen molar-refractivity contribution in [2.24, 2.45) is 0 Å². The van der Waals surface area contributed by atoms with Gasteiger partial charge in [-0.05, 0) is 11.6 Å². The quantitative estimate of drug-likeness (QED) is 0.678. The van der Waals surface area contributed by atoms with Gasteiger partial charge in [-0.2, -0.15) is 0 Å². The number of nitrogens with one attached hydrogen (secondary N) is 1. The molecule has 1 N–H and O–H groups in total. The van der Waals surface area contributed by atoms with Crippen LogP contribution < -0.4 is 5.32 Å². The van der Waals surface area contributed by atoms with Crippen molar-refractivity contribution >= 4 is 11.6 Å². The Hall–Kier alpha value is -1.57. The van der Waals surface area contributed by atoms with E-state index >= 15 is 0 Å². The predicted molar refractivity (Wildman–Crippen MR) is 53.8 cm³/mol. The zero-order chi connectivity index (χ0) is 9.97. The number of para-hydroxylation sites is 1. The van der Waals surface area contributed by atoms with E-state index in [1.54, 1.807) is 7.11 Å². The second kappa shape index (κ2) is 3.66. The number of fused-ring (bicyclic) bond motifs is 1. The summed E-state index contributed by atoms with van der Waals surface area (Å²) in [6.45, 7) is 0. The molecule has 1 aromatic carbocycles. The summed E-state index contributed by atoms with van der Waals surface area (Å²) in [6, 6.07) is 7.87. The Labute approximate surface area is 82.4 Å². The van der Waals surface area contributed by atoms with Crippen LogP contribution in [-0.2, 0) is 16.0 Å². The molecular formula is C11H11NO2. The van der Waals surface area contributed by atoms with Crippen LogP contribution in [0.25, 0.3) is 0 Å². The highest BCUT2D eigenvalue weighted by Crippen LogP contribution is 2.26. The van der Waals surface area contributed by atoms with E-state index in [1.165, 1.54) is 0 Å². The van der Waals surface area contributed by atoms with Crippen molar-refractivity contribution in [2.75, 3.05) is 12.4 Å². The maximum absolute atomic E-state index is 10.7. The fraction of sp³-hybridized carbons (Fsp3) is 0.273. The van der Waals surface area contributed by atoms with Crippen molar-refractivity contribution in [3.8, 4) is 0 Å². The Morgan fingerprint density at radius 2 is 2.29 bits per heavy atom. The second-order valence-electron chi connectivity index (χ2n) is 3.22. The number of benzene rings is 1. The molecule has 0 saturated heterocycles. The van der Waals surface area contributed by atoms with Gasteiger partial charge in [0.2, 0.25) is 0 Å². The zero-order valence-corrected chi connectivity index (χ0v) is 7.91. The summed E-state index contributed by atoms with van der Waals surface area (Å²) in [7, 11) is 1.57. The fourth-order valence-corrected chi connectivity index (χ4v) is 1.63. The third-order valence-electron chi connectivity index (χ3n) is 2.37. The van der Waals surface area contributed by atoms with Crippen LogP contribution in [0.5, 0.6) is 0 Å². The molecule has 0 aromatic heterocycles. The molecular weight excluding hydrogens is 178 g/mol. The predicted octanol–water partition coefficient (Wildman–Crippen LogP) is 1.39. The summed E-state index contributed by atoms with van der Waals surface area (Å²) in [5.74, 6) is 1.92. The summed E-state index contributed by atoms with van der Waals surface area (Å²) in [4.78, 5) is 10.7. The molecule has 14 heavy (non-hydrogen) atoms. The Kier molecular flexibility index (Phi) is 2.35. The van der Waals surface area contributed by atoms with Gasteiger partial charge in [0.25, 0.3) is 0 Å². The Morgan fingerprint density at radius 3 is 3.00 bits per heavy atom. The van der Waals surface area contributed by atoms with E-state index in [4.69, 9.17) is 4.74 Å². The molecule has 0 fully saturated rings. The number of carbonyl (C=O) groups excluding carboxylic acids is 1. The van der Waals surface area contributed by atoms with E-state index in [0.29, 0.717) is 12.0 Å². The zero-order valence-electron chi connectivity index (χ0n) is 7.91. The Bertz CT molecular complexity index is 394. The summed E-state index contributed by atoms with van der Waals surface area (Å²) in [5.41, 5.74) is 2.75. The number of hydrogen-bond acceptors (Lipinski definition) is 3. The maximum Gasteiger partial charge on any atom is 0.160 e. The molecule has 1 heterocycles. The third-order valence-corrected chi connectivity index (χ3v) is 2.37. The van der Waals surface area contributed by atoms with Crippen LogP contribution in [0.3, 0.4) is 0 Å².